The lowest BCUT2D eigenvalue weighted by Gasteiger charge is -2.07. The van der Waals surface area contributed by atoms with Crippen LogP contribution < -0.4 is 10.1 Å². The van der Waals surface area contributed by atoms with Gasteiger partial charge in [-0.1, -0.05) is 36.4 Å². The number of hydrogen-bond acceptors (Lipinski definition) is 4. The van der Waals surface area contributed by atoms with Crippen LogP contribution in [0.4, 0.5) is 4.39 Å². The fourth-order valence-electron chi connectivity index (χ4n) is 2.53. The molecule has 1 aromatic heterocycles. The molecule has 0 bridgehead atoms. The van der Waals surface area contributed by atoms with E-state index in [4.69, 9.17) is 4.74 Å². The Kier molecular flexibility index (Phi) is 6.69. The second-order valence-corrected chi connectivity index (χ2v) is 6.16. The van der Waals surface area contributed by atoms with Crippen LogP contribution in [0.2, 0.25) is 0 Å². The minimum absolute atomic E-state index is 0.00563. The highest BCUT2D eigenvalue weighted by Crippen LogP contribution is 2.17. The van der Waals surface area contributed by atoms with Crippen LogP contribution >= 0.6 is 0 Å². The van der Waals surface area contributed by atoms with E-state index in [0.717, 1.165) is 5.56 Å². The van der Waals surface area contributed by atoms with Crippen LogP contribution in [0, 0.1) is 17.1 Å². The predicted molar refractivity (Wildman–Crippen MR) is 107 cm³/mol. The monoisotopic (exact) mass is 387 g/mol. The third-order valence-corrected chi connectivity index (χ3v) is 4.08. The van der Waals surface area contributed by atoms with Crippen molar-refractivity contribution < 1.29 is 13.9 Å². The van der Waals surface area contributed by atoms with Gasteiger partial charge < -0.3 is 10.1 Å². The third kappa shape index (κ3) is 5.75. The molecular weight excluding hydrogens is 369 g/mol. The van der Waals surface area contributed by atoms with Gasteiger partial charge in [-0.3, -0.25) is 9.78 Å². The van der Waals surface area contributed by atoms with Crippen LogP contribution in [0.1, 0.15) is 16.7 Å². The van der Waals surface area contributed by atoms with Crippen LogP contribution in [-0.4, -0.2) is 10.9 Å². The first-order chi connectivity index (χ1) is 14.2. The van der Waals surface area contributed by atoms with Gasteiger partial charge in [0.25, 0.3) is 5.91 Å². The second kappa shape index (κ2) is 9.81. The lowest BCUT2D eigenvalue weighted by atomic mass is 10.1. The molecule has 5 nitrogen and oxygen atoms in total. The van der Waals surface area contributed by atoms with Crippen molar-refractivity contribution in [2.75, 3.05) is 0 Å². The molecule has 1 amide bonds. The number of ether oxygens (including phenoxy) is 1. The molecule has 0 aliphatic heterocycles. The van der Waals surface area contributed by atoms with Gasteiger partial charge in [-0.05, 0) is 41.5 Å². The second-order valence-electron chi connectivity index (χ2n) is 6.16. The Labute approximate surface area is 168 Å². The highest BCUT2D eigenvalue weighted by Gasteiger charge is 2.09. The molecule has 0 aliphatic rings. The van der Waals surface area contributed by atoms with Gasteiger partial charge in [0.1, 0.15) is 29.8 Å². The van der Waals surface area contributed by atoms with Crippen molar-refractivity contribution >= 4 is 12.0 Å². The third-order valence-electron chi connectivity index (χ3n) is 4.08. The number of nitrogens with zero attached hydrogens (tertiary/aromatic N) is 2. The molecule has 0 saturated heterocycles. The number of carbonyl (C=O) groups excluding carboxylic acids is 1. The summed E-state index contributed by atoms with van der Waals surface area (Å²) in [5.74, 6) is -0.218. The zero-order chi connectivity index (χ0) is 20.5. The molecular formula is C23H18FN3O2. The molecule has 0 atom stereocenters. The molecule has 2 aromatic carbocycles. The molecule has 29 heavy (non-hydrogen) atoms. The zero-order valence-electron chi connectivity index (χ0n) is 15.5. The molecule has 0 aliphatic carbocycles. The number of rotatable bonds is 7. The average molecular weight is 387 g/mol. The Morgan fingerprint density at radius 2 is 1.93 bits per heavy atom. The van der Waals surface area contributed by atoms with E-state index in [-0.39, 0.29) is 24.5 Å². The van der Waals surface area contributed by atoms with Crippen molar-refractivity contribution in [2.24, 2.45) is 0 Å². The number of carbonyl (C=O) groups is 1. The standard InChI is InChI=1S/C23H18FN3O2/c24-22-6-2-1-5-19(22)16-29-21-9-7-17(8-10-21)12-20(13-25)23(28)27-15-18-4-3-11-26-14-18/h1-12,14H,15-16H2,(H,27,28)/b20-12+. The van der Waals surface area contributed by atoms with Crippen molar-refractivity contribution in [3.8, 4) is 11.8 Å². The normalized spacial score (nSPS) is 10.8. The number of amides is 1. The summed E-state index contributed by atoms with van der Waals surface area (Å²) in [7, 11) is 0. The maximum Gasteiger partial charge on any atom is 0.262 e. The van der Waals surface area contributed by atoms with E-state index in [0.29, 0.717) is 16.9 Å². The largest absolute Gasteiger partial charge is 0.489 e. The van der Waals surface area contributed by atoms with E-state index in [1.165, 1.54) is 12.1 Å². The lowest BCUT2D eigenvalue weighted by Crippen LogP contribution is -2.23. The SMILES string of the molecule is N#C/C(=C\c1ccc(OCc2ccccc2F)cc1)C(=O)NCc1cccnc1. The first-order valence-corrected chi connectivity index (χ1v) is 8.91. The molecule has 0 saturated carbocycles. The minimum Gasteiger partial charge on any atom is -0.489 e. The zero-order valence-corrected chi connectivity index (χ0v) is 15.5. The fourth-order valence-corrected chi connectivity index (χ4v) is 2.53. The highest BCUT2D eigenvalue weighted by molar-refractivity contribution is 6.01. The molecule has 0 radical (unpaired) electrons. The predicted octanol–water partition coefficient (Wildman–Crippen LogP) is 4.02. The van der Waals surface area contributed by atoms with Crippen molar-refractivity contribution in [3.05, 3.63) is 101 Å². The van der Waals surface area contributed by atoms with Crippen molar-refractivity contribution in [2.45, 2.75) is 13.2 Å². The Hall–Kier alpha value is -3.98. The highest BCUT2D eigenvalue weighted by atomic mass is 19.1. The summed E-state index contributed by atoms with van der Waals surface area (Å²) in [5, 5.41) is 12.0. The molecule has 1 heterocycles. The molecule has 0 fully saturated rings. The Morgan fingerprint density at radius 3 is 2.62 bits per heavy atom. The Bertz CT molecular complexity index is 1040. The molecule has 3 rings (SSSR count). The van der Waals surface area contributed by atoms with E-state index < -0.39 is 5.91 Å². The summed E-state index contributed by atoms with van der Waals surface area (Å²) in [4.78, 5) is 16.2. The molecule has 6 heteroatoms. The van der Waals surface area contributed by atoms with E-state index in [9.17, 15) is 14.4 Å². The Balaban J connectivity index is 1.60. The van der Waals surface area contributed by atoms with Gasteiger partial charge in [-0.15, -0.1) is 0 Å². The molecule has 3 aromatic rings. The number of aromatic nitrogens is 1. The van der Waals surface area contributed by atoms with E-state index in [1.807, 2.05) is 12.1 Å². The fraction of sp³-hybridized carbons (Fsp3) is 0.0870. The molecule has 1 N–H and O–H groups in total. The number of benzene rings is 2. The van der Waals surface area contributed by atoms with Crippen LogP contribution in [0.25, 0.3) is 6.08 Å². The molecule has 0 unspecified atom stereocenters. The first kappa shape index (κ1) is 19.8. The van der Waals surface area contributed by atoms with Gasteiger partial charge in [-0.25, -0.2) is 4.39 Å². The maximum absolute atomic E-state index is 13.6. The van der Waals surface area contributed by atoms with Crippen molar-refractivity contribution in [1.29, 1.82) is 5.26 Å². The van der Waals surface area contributed by atoms with Crippen LogP contribution in [0.5, 0.6) is 5.75 Å². The van der Waals surface area contributed by atoms with Gasteiger partial charge in [0.2, 0.25) is 0 Å². The average Bonchev–Trinajstić information content (AvgIpc) is 2.77. The lowest BCUT2D eigenvalue weighted by molar-refractivity contribution is -0.117. The molecule has 0 spiro atoms. The number of pyridine rings is 1. The summed E-state index contributed by atoms with van der Waals surface area (Å²) < 4.78 is 19.2. The quantitative estimate of drug-likeness (QED) is 0.491. The summed E-state index contributed by atoms with van der Waals surface area (Å²) in [5.41, 5.74) is 1.98. The topological polar surface area (TPSA) is 75.0 Å². The van der Waals surface area contributed by atoms with E-state index in [2.05, 4.69) is 10.3 Å². The van der Waals surface area contributed by atoms with Gasteiger partial charge in [0.05, 0.1) is 0 Å². The van der Waals surface area contributed by atoms with E-state index >= 15 is 0 Å². The summed E-state index contributed by atoms with van der Waals surface area (Å²) in [6.07, 6.45) is 4.80. The first-order valence-electron chi connectivity index (χ1n) is 8.91. The summed E-state index contributed by atoms with van der Waals surface area (Å²) in [6, 6.07) is 18.8. The smallest absolute Gasteiger partial charge is 0.262 e. The van der Waals surface area contributed by atoms with Gasteiger partial charge >= 0.3 is 0 Å². The number of halogens is 1. The maximum atomic E-state index is 13.6. The van der Waals surface area contributed by atoms with Gasteiger partial charge in [0, 0.05) is 24.5 Å². The van der Waals surface area contributed by atoms with Crippen LogP contribution in [0.15, 0.2) is 78.6 Å². The van der Waals surface area contributed by atoms with Crippen LogP contribution in [-0.2, 0) is 17.9 Å². The van der Waals surface area contributed by atoms with Gasteiger partial charge in [-0.2, -0.15) is 5.26 Å². The Morgan fingerprint density at radius 1 is 1.14 bits per heavy atom. The number of hydrogen-bond donors (Lipinski definition) is 1. The van der Waals surface area contributed by atoms with Crippen LogP contribution in [0.3, 0.4) is 0 Å². The van der Waals surface area contributed by atoms with Crippen molar-refractivity contribution in [3.63, 3.8) is 0 Å². The van der Waals surface area contributed by atoms with Gasteiger partial charge in [0.15, 0.2) is 0 Å². The number of nitrogens with one attached hydrogen (secondary N) is 1. The summed E-state index contributed by atoms with van der Waals surface area (Å²) in [6.45, 7) is 0.399. The molecule has 144 valence electrons. The van der Waals surface area contributed by atoms with Crippen molar-refractivity contribution in [1.82, 2.24) is 10.3 Å². The number of nitriles is 1. The summed E-state index contributed by atoms with van der Waals surface area (Å²) >= 11 is 0. The van der Waals surface area contributed by atoms with E-state index in [1.54, 1.807) is 60.9 Å². The minimum atomic E-state index is -0.462.